The molecule has 0 radical (unpaired) electrons. The summed E-state index contributed by atoms with van der Waals surface area (Å²) in [5.74, 6) is 2.11. The van der Waals surface area contributed by atoms with E-state index in [1.54, 1.807) is 18.7 Å². The van der Waals surface area contributed by atoms with Crippen molar-refractivity contribution in [3.05, 3.63) is 72.9 Å². The van der Waals surface area contributed by atoms with E-state index < -0.39 is 0 Å². The predicted molar refractivity (Wildman–Crippen MR) is 118 cm³/mol. The van der Waals surface area contributed by atoms with Gasteiger partial charge in [-0.2, -0.15) is 0 Å². The number of pyridine rings is 1. The Morgan fingerprint density at radius 3 is 2.74 bits per heavy atom. The fourth-order valence-corrected chi connectivity index (χ4v) is 3.72. The maximum atomic E-state index is 12.6. The summed E-state index contributed by atoms with van der Waals surface area (Å²) in [7, 11) is 0. The van der Waals surface area contributed by atoms with Crippen LogP contribution in [0.25, 0.3) is 11.4 Å². The van der Waals surface area contributed by atoms with Gasteiger partial charge in [0.25, 0.3) is 0 Å². The number of thioether (sulfide) groups is 1. The monoisotopic (exact) mass is 435 g/mol. The number of hydrogen-bond donors (Lipinski definition) is 1. The lowest BCUT2D eigenvalue weighted by molar-refractivity contribution is -0.113. The van der Waals surface area contributed by atoms with E-state index in [9.17, 15) is 4.79 Å². The van der Waals surface area contributed by atoms with E-state index in [0.717, 1.165) is 11.3 Å². The Balaban J connectivity index is 1.50. The summed E-state index contributed by atoms with van der Waals surface area (Å²) in [4.78, 5) is 16.6. The Bertz CT molecular complexity index is 1130. The molecule has 0 bridgehead atoms. The number of aromatic nitrogens is 4. The summed E-state index contributed by atoms with van der Waals surface area (Å²) in [5, 5.41) is 12.2. The molecule has 0 aliphatic heterocycles. The molecule has 4 rings (SSSR count). The molecule has 1 aromatic carbocycles. The van der Waals surface area contributed by atoms with Crippen molar-refractivity contribution in [3.8, 4) is 17.1 Å². The number of benzene rings is 1. The fraction of sp³-hybridized carbons (Fsp3) is 0.182. The van der Waals surface area contributed by atoms with Gasteiger partial charge in [-0.05, 0) is 43.3 Å². The van der Waals surface area contributed by atoms with Gasteiger partial charge < -0.3 is 14.5 Å². The molecule has 1 N–H and O–H groups in total. The lowest BCUT2D eigenvalue weighted by Crippen LogP contribution is -2.15. The van der Waals surface area contributed by atoms with Gasteiger partial charge in [-0.1, -0.05) is 23.9 Å². The summed E-state index contributed by atoms with van der Waals surface area (Å²) in [6.07, 6.45) is 5.04. The molecule has 0 fully saturated rings. The van der Waals surface area contributed by atoms with Crippen LogP contribution in [0.4, 0.5) is 5.69 Å². The third-order valence-electron chi connectivity index (χ3n) is 4.34. The van der Waals surface area contributed by atoms with Gasteiger partial charge in [0.1, 0.15) is 11.5 Å². The van der Waals surface area contributed by atoms with Crippen LogP contribution in [-0.4, -0.2) is 38.0 Å². The largest absolute Gasteiger partial charge is 0.492 e. The number of hydrogen-bond acceptors (Lipinski definition) is 7. The van der Waals surface area contributed by atoms with Crippen molar-refractivity contribution < 1.29 is 13.9 Å². The first-order valence-electron chi connectivity index (χ1n) is 9.75. The van der Waals surface area contributed by atoms with E-state index in [1.165, 1.54) is 11.8 Å². The van der Waals surface area contributed by atoms with E-state index >= 15 is 0 Å². The van der Waals surface area contributed by atoms with Gasteiger partial charge in [-0.25, -0.2) is 0 Å². The van der Waals surface area contributed by atoms with E-state index in [-0.39, 0.29) is 11.7 Å². The number of nitrogens with one attached hydrogen (secondary N) is 1. The van der Waals surface area contributed by atoms with Crippen LogP contribution < -0.4 is 10.1 Å². The number of nitrogens with zero attached hydrogens (tertiary/aromatic N) is 4. The molecular formula is C22H21N5O3S. The molecule has 0 unspecified atom stereocenters. The minimum atomic E-state index is -0.157. The minimum absolute atomic E-state index is 0.157. The van der Waals surface area contributed by atoms with E-state index in [4.69, 9.17) is 9.15 Å². The second kappa shape index (κ2) is 9.94. The van der Waals surface area contributed by atoms with Crippen molar-refractivity contribution >= 4 is 23.4 Å². The zero-order valence-electron chi connectivity index (χ0n) is 16.9. The third-order valence-corrected chi connectivity index (χ3v) is 5.31. The number of ether oxygens (including phenoxy) is 1. The van der Waals surface area contributed by atoms with Crippen LogP contribution in [-0.2, 0) is 11.3 Å². The van der Waals surface area contributed by atoms with Crippen LogP contribution in [0.5, 0.6) is 5.75 Å². The number of amides is 1. The molecule has 9 heteroatoms. The van der Waals surface area contributed by atoms with Crippen LogP contribution >= 0.6 is 11.8 Å². The Kier molecular flexibility index (Phi) is 6.63. The highest BCUT2D eigenvalue weighted by Crippen LogP contribution is 2.27. The average Bonchev–Trinajstić information content (AvgIpc) is 3.45. The highest BCUT2D eigenvalue weighted by atomic mass is 32.2. The summed E-state index contributed by atoms with van der Waals surface area (Å²) < 4.78 is 13.0. The van der Waals surface area contributed by atoms with Crippen molar-refractivity contribution in [1.82, 2.24) is 19.7 Å². The summed E-state index contributed by atoms with van der Waals surface area (Å²) in [5.41, 5.74) is 1.53. The van der Waals surface area contributed by atoms with E-state index in [2.05, 4.69) is 20.5 Å². The van der Waals surface area contributed by atoms with Gasteiger partial charge in [-0.15, -0.1) is 10.2 Å². The maximum Gasteiger partial charge on any atom is 0.234 e. The molecule has 0 saturated carbocycles. The van der Waals surface area contributed by atoms with E-state index in [1.807, 2.05) is 60.0 Å². The van der Waals surface area contributed by atoms with Crippen molar-refractivity contribution in [1.29, 1.82) is 0 Å². The first-order chi connectivity index (χ1) is 15.2. The van der Waals surface area contributed by atoms with Crippen LogP contribution in [0.1, 0.15) is 12.7 Å². The Morgan fingerprint density at radius 2 is 1.97 bits per heavy atom. The first-order valence-corrected chi connectivity index (χ1v) is 10.7. The molecule has 4 aromatic rings. The number of para-hydroxylation sites is 2. The van der Waals surface area contributed by atoms with Crippen molar-refractivity contribution in [2.75, 3.05) is 17.7 Å². The van der Waals surface area contributed by atoms with Gasteiger partial charge >= 0.3 is 0 Å². The number of anilines is 1. The normalized spacial score (nSPS) is 10.7. The molecular weight excluding hydrogens is 414 g/mol. The lowest BCUT2D eigenvalue weighted by atomic mass is 10.2. The van der Waals surface area contributed by atoms with Crippen LogP contribution in [0.15, 0.2) is 76.8 Å². The summed E-state index contributed by atoms with van der Waals surface area (Å²) >= 11 is 1.31. The average molecular weight is 436 g/mol. The zero-order valence-corrected chi connectivity index (χ0v) is 17.7. The van der Waals surface area contributed by atoms with Gasteiger partial charge in [0, 0.05) is 18.0 Å². The van der Waals surface area contributed by atoms with Gasteiger partial charge in [0.05, 0.1) is 30.9 Å². The Labute approximate surface area is 183 Å². The number of carbonyl (C=O) groups excluding carboxylic acids is 1. The molecule has 1 amide bonds. The first kappa shape index (κ1) is 20.7. The van der Waals surface area contributed by atoms with Gasteiger partial charge in [0.2, 0.25) is 5.91 Å². The van der Waals surface area contributed by atoms with E-state index in [0.29, 0.717) is 35.6 Å². The third kappa shape index (κ3) is 5.13. The highest BCUT2D eigenvalue weighted by molar-refractivity contribution is 7.99. The number of furan rings is 1. The molecule has 0 atom stereocenters. The molecule has 158 valence electrons. The van der Waals surface area contributed by atoms with Crippen LogP contribution in [0.2, 0.25) is 0 Å². The Hall–Kier alpha value is -3.59. The molecule has 0 saturated heterocycles. The molecule has 0 spiro atoms. The minimum Gasteiger partial charge on any atom is -0.492 e. The van der Waals surface area contributed by atoms with Crippen molar-refractivity contribution in [2.45, 2.75) is 18.6 Å². The quantitative estimate of drug-likeness (QED) is 0.395. The van der Waals surface area contributed by atoms with Crippen LogP contribution in [0.3, 0.4) is 0 Å². The van der Waals surface area contributed by atoms with Crippen molar-refractivity contribution in [2.24, 2.45) is 0 Å². The molecule has 3 aromatic heterocycles. The number of rotatable bonds is 9. The summed E-state index contributed by atoms with van der Waals surface area (Å²) in [6.45, 7) is 2.88. The Morgan fingerprint density at radius 1 is 1.13 bits per heavy atom. The topological polar surface area (TPSA) is 95.1 Å². The second-order valence-electron chi connectivity index (χ2n) is 6.47. The molecule has 3 heterocycles. The van der Waals surface area contributed by atoms with Gasteiger partial charge in [0.15, 0.2) is 11.0 Å². The smallest absolute Gasteiger partial charge is 0.234 e. The molecule has 31 heavy (non-hydrogen) atoms. The lowest BCUT2D eigenvalue weighted by Gasteiger charge is -2.11. The molecule has 0 aliphatic carbocycles. The second-order valence-corrected chi connectivity index (χ2v) is 7.42. The SMILES string of the molecule is CCOc1ccccc1NC(=O)CSc1nnc(-c2ccncc2)n1Cc1ccco1. The fourth-order valence-electron chi connectivity index (χ4n) is 2.98. The highest BCUT2D eigenvalue weighted by Gasteiger charge is 2.17. The zero-order chi connectivity index (χ0) is 21.5. The van der Waals surface area contributed by atoms with Crippen LogP contribution in [0, 0.1) is 0 Å². The summed E-state index contributed by atoms with van der Waals surface area (Å²) in [6, 6.07) is 14.8. The van der Waals surface area contributed by atoms with Gasteiger partial charge in [-0.3, -0.25) is 14.3 Å². The molecule has 0 aliphatic rings. The van der Waals surface area contributed by atoms with Crippen molar-refractivity contribution in [3.63, 3.8) is 0 Å². The number of carbonyl (C=O) groups is 1. The molecule has 8 nitrogen and oxygen atoms in total. The predicted octanol–water partition coefficient (Wildman–Crippen LogP) is 4.11. The maximum absolute atomic E-state index is 12.6. The standard InChI is InChI=1S/C22H21N5O3S/c1-2-29-19-8-4-3-7-18(19)24-20(28)15-31-22-26-25-21(16-9-11-23-12-10-16)27(22)14-17-6-5-13-30-17/h3-13H,2,14-15H2,1H3,(H,24,28).